The van der Waals surface area contributed by atoms with Gasteiger partial charge in [-0.05, 0) is 56.8 Å². The lowest BCUT2D eigenvalue weighted by atomic mass is 9.78. The topological polar surface area (TPSA) is 133 Å². The third-order valence-electron chi connectivity index (χ3n) is 8.19. The molecule has 2 aliphatic heterocycles. The average Bonchev–Trinajstić information content (AvgIpc) is 3.60. The third kappa shape index (κ3) is 3.97. The van der Waals surface area contributed by atoms with Crippen molar-refractivity contribution in [1.82, 2.24) is 39.5 Å². The van der Waals surface area contributed by atoms with Gasteiger partial charge in [0.05, 0.1) is 23.5 Å². The number of H-pyrrole nitrogens is 1. The fraction of sp³-hybridized carbons (Fsp3) is 0.276. The molecule has 2 saturated heterocycles. The summed E-state index contributed by atoms with van der Waals surface area (Å²) in [4.78, 5) is 39.8. The molecule has 0 saturated carbocycles. The number of hydrogen-bond donors (Lipinski definition) is 3. The van der Waals surface area contributed by atoms with E-state index in [2.05, 4.69) is 37.1 Å². The highest BCUT2D eigenvalue weighted by Gasteiger charge is 2.51. The smallest absolute Gasteiger partial charge is 0.274 e. The maximum atomic E-state index is 13.3. The zero-order valence-electron chi connectivity index (χ0n) is 22.4. The highest BCUT2D eigenvalue weighted by atomic mass is 16.1. The molecular weight excluding hydrogens is 504 g/mol. The molecule has 0 aliphatic carbocycles. The van der Waals surface area contributed by atoms with Gasteiger partial charge in [-0.3, -0.25) is 9.69 Å². The van der Waals surface area contributed by atoms with Gasteiger partial charge >= 0.3 is 0 Å². The van der Waals surface area contributed by atoms with Crippen molar-refractivity contribution in [3.63, 3.8) is 0 Å². The zero-order valence-corrected chi connectivity index (χ0v) is 22.4. The molecule has 11 heteroatoms. The van der Waals surface area contributed by atoms with Crippen molar-refractivity contribution >= 4 is 23.2 Å². The number of anilines is 2. The molecule has 0 radical (unpaired) electrons. The van der Waals surface area contributed by atoms with Crippen LogP contribution in [-0.2, 0) is 6.54 Å². The summed E-state index contributed by atoms with van der Waals surface area (Å²) in [6.45, 7) is 5.36. The predicted molar refractivity (Wildman–Crippen MR) is 153 cm³/mol. The summed E-state index contributed by atoms with van der Waals surface area (Å²) in [5.41, 5.74) is 11.9. The molecule has 4 N–H and O–H groups in total. The van der Waals surface area contributed by atoms with Crippen LogP contribution in [0, 0.1) is 6.92 Å². The molecule has 0 aromatic carbocycles. The summed E-state index contributed by atoms with van der Waals surface area (Å²) < 4.78 is 1.98. The first-order chi connectivity index (χ1) is 19.4. The molecule has 40 heavy (non-hydrogen) atoms. The summed E-state index contributed by atoms with van der Waals surface area (Å²) in [7, 11) is 2.18. The molecular formula is C29H30N10O. The molecule has 0 unspecified atom stereocenters. The number of nitrogens with zero attached hydrogens (tertiary/aromatic N) is 7. The number of carbonyl (C=O) groups excluding carboxylic acids is 1. The van der Waals surface area contributed by atoms with Crippen LogP contribution in [0.4, 0.5) is 11.6 Å². The minimum atomic E-state index is -0.407. The van der Waals surface area contributed by atoms with E-state index in [0.717, 1.165) is 53.7 Å². The van der Waals surface area contributed by atoms with Crippen molar-refractivity contribution in [1.29, 1.82) is 0 Å². The number of aromatic nitrogens is 6. The Balaban J connectivity index is 1.15. The number of aromatic amines is 1. The highest BCUT2D eigenvalue weighted by molar-refractivity contribution is 5.97. The van der Waals surface area contributed by atoms with Crippen molar-refractivity contribution in [2.24, 2.45) is 0 Å². The van der Waals surface area contributed by atoms with Crippen LogP contribution in [0.1, 0.15) is 28.3 Å². The number of rotatable bonds is 6. The molecule has 11 nitrogen and oxygen atoms in total. The largest absolute Gasteiger partial charge is 0.382 e. The van der Waals surface area contributed by atoms with Crippen LogP contribution in [-0.4, -0.2) is 72.3 Å². The first-order valence-corrected chi connectivity index (χ1v) is 13.4. The Morgan fingerprint density at radius 3 is 2.73 bits per heavy atom. The Kier molecular flexibility index (Phi) is 5.56. The van der Waals surface area contributed by atoms with E-state index in [-0.39, 0.29) is 18.1 Å². The molecule has 1 amide bonds. The van der Waals surface area contributed by atoms with Gasteiger partial charge in [-0.1, -0.05) is 6.07 Å². The number of likely N-dealkylation sites (tertiary alicyclic amines) is 1. The lowest BCUT2D eigenvalue weighted by Crippen LogP contribution is -2.76. The zero-order chi connectivity index (χ0) is 27.4. The van der Waals surface area contributed by atoms with Gasteiger partial charge < -0.3 is 25.3 Å². The Labute approximate surface area is 231 Å². The van der Waals surface area contributed by atoms with Crippen LogP contribution in [0.15, 0.2) is 61.1 Å². The fourth-order valence-electron chi connectivity index (χ4n) is 5.60. The Bertz CT molecular complexity index is 1740. The standard InChI is InChI=1S/C29H30N10O/c1-18-13-32-22-9-8-19(15-39(18)22)24-25(21-6-4-11-31-21)36-27(30)26(35-24)28(40)33-14-20-5-3-7-23(34-20)38-16-29(17-38)10-12-37(29)2/h3-9,11,13,15,31H,10,12,14,16-17H2,1-2H3,(H2,30,36)(H,33,40). The van der Waals surface area contributed by atoms with Gasteiger partial charge in [0, 0.05) is 49.5 Å². The monoisotopic (exact) mass is 534 g/mol. The van der Waals surface area contributed by atoms with Gasteiger partial charge in [-0.15, -0.1) is 0 Å². The third-order valence-corrected chi connectivity index (χ3v) is 8.19. The maximum absolute atomic E-state index is 13.3. The van der Waals surface area contributed by atoms with E-state index in [0.29, 0.717) is 16.9 Å². The Hall–Kier alpha value is -4.77. The van der Waals surface area contributed by atoms with Crippen LogP contribution in [0.5, 0.6) is 0 Å². The van der Waals surface area contributed by atoms with Crippen LogP contribution < -0.4 is 16.0 Å². The van der Waals surface area contributed by atoms with Crippen molar-refractivity contribution in [3.8, 4) is 22.6 Å². The number of nitrogens with one attached hydrogen (secondary N) is 2. The predicted octanol–water partition coefficient (Wildman–Crippen LogP) is 2.90. The lowest BCUT2D eigenvalue weighted by molar-refractivity contribution is -0.0131. The number of fused-ring (bicyclic) bond motifs is 1. The van der Waals surface area contributed by atoms with E-state index in [9.17, 15) is 4.79 Å². The number of nitrogen functional groups attached to an aromatic ring is 1. The second-order valence-electron chi connectivity index (χ2n) is 10.7. The van der Waals surface area contributed by atoms with Crippen LogP contribution >= 0.6 is 0 Å². The van der Waals surface area contributed by atoms with Gasteiger partial charge in [0.25, 0.3) is 5.91 Å². The molecule has 1 spiro atoms. The normalized spacial score (nSPS) is 16.2. The molecule has 5 aromatic heterocycles. The highest BCUT2D eigenvalue weighted by Crippen LogP contribution is 2.39. The minimum absolute atomic E-state index is 0.0583. The fourth-order valence-corrected chi connectivity index (χ4v) is 5.60. The number of aryl methyl sites for hydroxylation is 1. The van der Waals surface area contributed by atoms with Gasteiger partial charge in [0.2, 0.25) is 0 Å². The SMILES string of the molecule is Cc1cnc2ccc(-c3nc(C(=O)NCc4cccc(N5CC6(CCN6C)C5)n4)c(N)nc3-c3ccc[nH]3)cn12. The molecule has 202 valence electrons. The van der Waals surface area contributed by atoms with Gasteiger partial charge in [0.1, 0.15) is 22.9 Å². The van der Waals surface area contributed by atoms with Crippen LogP contribution in [0.3, 0.4) is 0 Å². The van der Waals surface area contributed by atoms with E-state index in [4.69, 9.17) is 15.7 Å². The Morgan fingerprint density at radius 1 is 1.10 bits per heavy atom. The summed E-state index contributed by atoms with van der Waals surface area (Å²) >= 11 is 0. The Morgan fingerprint density at radius 2 is 1.98 bits per heavy atom. The van der Waals surface area contributed by atoms with Crippen LogP contribution in [0.2, 0.25) is 0 Å². The van der Waals surface area contributed by atoms with E-state index in [1.165, 1.54) is 6.42 Å². The first kappa shape index (κ1) is 24.3. The van der Waals surface area contributed by atoms with E-state index < -0.39 is 5.91 Å². The van der Waals surface area contributed by atoms with Gasteiger partial charge in [-0.2, -0.15) is 0 Å². The number of hydrogen-bond acceptors (Lipinski definition) is 8. The van der Waals surface area contributed by atoms with E-state index in [1.807, 2.05) is 72.4 Å². The van der Waals surface area contributed by atoms with Crippen molar-refractivity contribution < 1.29 is 4.79 Å². The number of amides is 1. The van der Waals surface area contributed by atoms with E-state index >= 15 is 0 Å². The molecule has 2 fully saturated rings. The maximum Gasteiger partial charge on any atom is 0.274 e. The number of carbonyl (C=O) groups is 1. The number of nitrogens with two attached hydrogens (primary N) is 1. The first-order valence-electron chi connectivity index (χ1n) is 13.4. The molecule has 0 bridgehead atoms. The molecule has 7 rings (SSSR count). The van der Waals surface area contributed by atoms with Gasteiger partial charge in [0.15, 0.2) is 11.5 Å². The summed E-state index contributed by atoms with van der Waals surface area (Å²) in [6, 6.07) is 13.5. The minimum Gasteiger partial charge on any atom is -0.382 e. The summed E-state index contributed by atoms with van der Waals surface area (Å²) in [5, 5.41) is 2.94. The van der Waals surface area contributed by atoms with E-state index in [1.54, 1.807) is 0 Å². The molecule has 5 aromatic rings. The number of imidazole rings is 1. The molecule has 2 aliphatic rings. The lowest BCUT2D eigenvalue weighted by Gasteiger charge is -2.62. The average molecular weight is 535 g/mol. The summed E-state index contributed by atoms with van der Waals surface area (Å²) in [6.07, 6.45) is 6.81. The van der Waals surface area contributed by atoms with Gasteiger partial charge in [-0.25, -0.2) is 19.9 Å². The van der Waals surface area contributed by atoms with Crippen LogP contribution in [0.25, 0.3) is 28.3 Å². The molecule has 7 heterocycles. The van der Waals surface area contributed by atoms with Crippen molar-refractivity contribution in [2.45, 2.75) is 25.4 Å². The van der Waals surface area contributed by atoms with Crippen molar-refractivity contribution in [2.75, 3.05) is 37.3 Å². The quantitative estimate of drug-likeness (QED) is 0.303. The molecule has 0 atom stereocenters. The number of likely N-dealkylation sites (N-methyl/N-ethyl adjacent to an activating group) is 1. The second-order valence-corrected chi connectivity index (χ2v) is 10.7. The van der Waals surface area contributed by atoms with Crippen molar-refractivity contribution in [3.05, 3.63) is 78.1 Å². The second kappa shape index (κ2) is 9.16. The number of pyridine rings is 2. The summed E-state index contributed by atoms with van der Waals surface area (Å²) in [5.74, 6) is 0.582.